The van der Waals surface area contributed by atoms with Crippen LogP contribution in [0.5, 0.6) is 0 Å². The number of rotatable bonds is 5. The van der Waals surface area contributed by atoms with Gasteiger partial charge in [-0.1, -0.05) is 18.2 Å². The van der Waals surface area contributed by atoms with Crippen LogP contribution in [0.1, 0.15) is 22.6 Å². The molecule has 2 aromatic heterocycles. The molecule has 6 heteroatoms. The first kappa shape index (κ1) is 16.2. The van der Waals surface area contributed by atoms with Gasteiger partial charge in [-0.2, -0.15) is 0 Å². The highest BCUT2D eigenvalue weighted by atomic mass is 32.1. The van der Waals surface area contributed by atoms with E-state index in [4.69, 9.17) is 11.5 Å². The van der Waals surface area contributed by atoms with E-state index in [1.54, 1.807) is 0 Å². The monoisotopic (exact) mass is 353 g/mol. The zero-order chi connectivity index (χ0) is 17.2. The fourth-order valence-corrected chi connectivity index (χ4v) is 4.32. The van der Waals surface area contributed by atoms with Crippen molar-refractivity contribution in [3.8, 4) is 0 Å². The summed E-state index contributed by atoms with van der Waals surface area (Å²) in [6.07, 6.45) is 2.65. The number of nitrogens with one attached hydrogen (secondary N) is 1. The Kier molecular flexibility index (Phi) is 4.46. The lowest BCUT2D eigenvalue weighted by atomic mass is 10.1. The van der Waals surface area contributed by atoms with Crippen LogP contribution in [-0.4, -0.2) is 23.0 Å². The molecule has 5 N–H and O–H groups in total. The molecule has 4 rings (SSSR count). The number of nitrogens with zero attached hydrogens (tertiary/aromatic N) is 2. The molecule has 0 bridgehead atoms. The summed E-state index contributed by atoms with van der Waals surface area (Å²) in [6, 6.07) is 12.2. The number of benzene rings is 1. The summed E-state index contributed by atoms with van der Waals surface area (Å²) in [4.78, 5) is 9.84. The van der Waals surface area contributed by atoms with Crippen LogP contribution < -0.4 is 16.8 Å². The van der Waals surface area contributed by atoms with Crippen molar-refractivity contribution in [2.24, 2.45) is 0 Å². The van der Waals surface area contributed by atoms with Crippen LogP contribution in [0, 0.1) is 0 Å². The summed E-state index contributed by atoms with van der Waals surface area (Å²) in [5.74, 6) is 0.658. The van der Waals surface area contributed by atoms with Gasteiger partial charge < -0.3 is 16.8 Å². The molecule has 3 aromatic rings. The number of nitrogens with two attached hydrogens (primary N) is 2. The Morgan fingerprint density at radius 3 is 2.60 bits per heavy atom. The molecule has 0 radical (unpaired) electrons. The highest BCUT2D eigenvalue weighted by Crippen LogP contribution is 2.31. The predicted octanol–water partition coefficient (Wildman–Crippen LogP) is 3.67. The summed E-state index contributed by atoms with van der Waals surface area (Å²) in [5.41, 5.74) is 14.3. The van der Waals surface area contributed by atoms with E-state index in [-0.39, 0.29) is 0 Å². The first-order valence-electron chi connectivity index (χ1n) is 8.68. The van der Waals surface area contributed by atoms with E-state index in [0.29, 0.717) is 23.7 Å². The van der Waals surface area contributed by atoms with E-state index < -0.39 is 0 Å². The quantitative estimate of drug-likeness (QED) is 0.652. The van der Waals surface area contributed by atoms with E-state index in [1.165, 1.54) is 35.7 Å². The van der Waals surface area contributed by atoms with Crippen molar-refractivity contribution in [1.29, 1.82) is 0 Å². The van der Waals surface area contributed by atoms with E-state index >= 15 is 0 Å². The topological polar surface area (TPSA) is 80.2 Å². The number of likely N-dealkylation sites (tertiary alicyclic amines) is 1. The molecular formula is C19H23N5S. The van der Waals surface area contributed by atoms with Crippen molar-refractivity contribution in [3.05, 3.63) is 46.2 Å². The second-order valence-electron chi connectivity index (χ2n) is 6.51. The van der Waals surface area contributed by atoms with Crippen molar-refractivity contribution in [2.45, 2.75) is 25.9 Å². The number of nitrogen functional groups attached to an aromatic ring is 2. The van der Waals surface area contributed by atoms with Crippen LogP contribution in [0.4, 0.5) is 17.2 Å². The Morgan fingerprint density at radius 1 is 1.00 bits per heavy atom. The Bertz CT molecular complexity index is 883. The molecule has 1 saturated heterocycles. The van der Waals surface area contributed by atoms with Gasteiger partial charge in [0.2, 0.25) is 0 Å². The molecule has 130 valence electrons. The molecular weight excluding hydrogens is 330 g/mol. The molecule has 1 aromatic carbocycles. The molecule has 0 spiro atoms. The first-order chi connectivity index (χ1) is 12.2. The van der Waals surface area contributed by atoms with Crippen LogP contribution in [0.25, 0.3) is 10.9 Å². The minimum Gasteiger partial charge on any atom is -0.396 e. The third kappa shape index (κ3) is 3.41. The Labute approximate surface area is 151 Å². The zero-order valence-corrected chi connectivity index (χ0v) is 15.0. The largest absolute Gasteiger partial charge is 0.396 e. The summed E-state index contributed by atoms with van der Waals surface area (Å²) in [6.45, 7) is 4.22. The maximum absolute atomic E-state index is 6.18. The maximum atomic E-state index is 6.18. The lowest BCUT2D eigenvalue weighted by Crippen LogP contribution is -2.17. The fourth-order valence-electron chi connectivity index (χ4n) is 3.32. The maximum Gasteiger partial charge on any atom is 0.152 e. The standard InChI is InChI=1S/C19H23N5S/c20-17-15-5-1-2-6-16(15)23-19(18(17)21)22-11-13-7-8-14(25-13)12-24-9-3-4-10-24/h1-2,5-8H,3-4,9-12,21H2,(H3,20,22,23). The number of anilines is 3. The summed E-state index contributed by atoms with van der Waals surface area (Å²) in [5, 5.41) is 4.25. The van der Waals surface area contributed by atoms with Gasteiger partial charge in [0.05, 0.1) is 23.4 Å². The van der Waals surface area contributed by atoms with Gasteiger partial charge in [-0.25, -0.2) is 4.98 Å². The van der Waals surface area contributed by atoms with Crippen LogP contribution in [0.2, 0.25) is 0 Å². The van der Waals surface area contributed by atoms with Crippen LogP contribution in [0.3, 0.4) is 0 Å². The van der Waals surface area contributed by atoms with Gasteiger partial charge in [-0.15, -0.1) is 11.3 Å². The lowest BCUT2D eigenvalue weighted by molar-refractivity contribution is 0.334. The molecule has 25 heavy (non-hydrogen) atoms. The number of hydrogen-bond donors (Lipinski definition) is 3. The van der Waals surface area contributed by atoms with Crippen molar-refractivity contribution >= 4 is 39.4 Å². The number of fused-ring (bicyclic) bond motifs is 1. The Balaban J connectivity index is 1.47. The van der Waals surface area contributed by atoms with E-state index in [0.717, 1.165) is 17.4 Å². The predicted molar refractivity (Wildman–Crippen MR) is 107 cm³/mol. The molecule has 1 aliphatic rings. The summed E-state index contributed by atoms with van der Waals surface area (Å²) >= 11 is 1.85. The number of para-hydroxylation sites is 1. The third-order valence-electron chi connectivity index (χ3n) is 4.70. The van der Waals surface area contributed by atoms with E-state index in [2.05, 4.69) is 27.3 Å². The van der Waals surface area contributed by atoms with E-state index in [1.807, 2.05) is 35.6 Å². The molecule has 1 aliphatic heterocycles. The number of thiophene rings is 1. The smallest absolute Gasteiger partial charge is 0.152 e. The average Bonchev–Trinajstić information content (AvgIpc) is 3.29. The Morgan fingerprint density at radius 2 is 1.76 bits per heavy atom. The minimum absolute atomic E-state index is 0.521. The molecule has 1 fully saturated rings. The van der Waals surface area contributed by atoms with Crippen LogP contribution in [-0.2, 0) is 13.1 Å². The van der Waals surface area contributed by atoms with Gasteiger partial charge in [0.1, 0.15) is 0 Å². The average molecular weight is 353 g/mol. The highest BCUT2D eigenvalue weighted by molar-refractivity contribution is 7.12. The van der Waals surface area contributed by atoms with Crippen molar-refractivity contribution < 1.29 is 0 Å². The van der Waals surface area contributed by atoms with Crippen molar-refractivity contribution in [1.82, 2.24) is 9.88 Å². The normalized spacial score (nSPS) is 15.0. The van der Waals surface area contributed by atoms with Gasteiger partial charge in [-0.3, -0.25) is 4.90 Å². The van der Waals surface area contributed by atoms with Crippen molar-refractivity contribution in [3.63, 3.8) is 0 Å². The van der Waals surface area contributed by atoms with Crippen LogP contribution in [0.15, 0.2) is 36.4 Å². The zero-order valence-electron chi connectivity index (χ0n) is 14.2. The summed E-state index contributed by atoms with van der Waals surface area (Å²) in [7, 11) is 0. The summed E-state index contributed by atoms with van der Waals surface area (Å²) < 4.78 is 0. The van der Waals surface area contributed by atoms with Gasteiger partial charge >= 0.3 is 0 Å². The molecule has 5 nitrogen and oxygen atoms in total. The number of hydrogen-bond acceptors (Lipinski definition) is 6. The number of pyridine rings is 1. The molecule has 0 saturated carbocycles. The van der Waals surface area contributed by atoms with Gasteiger partial charge in [0, 0.05) is 21.7 Å². The molecule has 3 heterocycles. The van der Waals surface area contributed by atoms with Crippen LogP contribution >= 0.6 is 11.3 Å². The molecule has 0 atom stereocenters. The second-order valence-corrected chi connectivity index (χ2v) is 7.76. The molecule has 0 amide bonds. The molecule has 0 unspecified atom stereocenters. The number of aromatic nitrogens is 1. The minimum atomic E-state index is 0.521. The van der Waals surface area contributed by atoms with Gasteiger partial charge in [-0.05, 0) is 44.1 Å². The first-order valence-corrected chi connectivity index (χ1v) is 9.50. The lowest BCUT2D eigenvalue weighted by Gasteiger charge is -2.13. The highest BCUT2D eigenvalue weighted by Gasteiger charge is 2.13. The SMILES string of the molecule is Nc1c(NCc2ccc(CN3CCCC3)s2)nc2ccccc2c1N. The van der Waals surface area contributed by atoms with Gasteiger partial charge in [0.25, 0.3) is 0 Å². The third-order valence-corrected chi connectivity index (χ3v) is 5.77. The second kappa shape index (κ2) is 6.90. The Hall–Kier alpha value is -2.31. The van der Waals surface area contributed by atoms with E-state index in [9.17, 15) is 0 Å². The fraction of sp³-hybridized carbons (Fsp3) is 0.316. The molecule has 0 aliphatic carbocycles. The van der Waals surface area contributed by atoms with Gasteiger partial charge in [0.15, 0.2) is 5.82 Å². The van der Waals surface area contributed by atoms with Crippen molar-refractivity contribution in [2.75, 3.05) is 29.9 Å².